The minimum atomic E-state index is 0.456. The molecule has 0 aromatic heterocycles. The molecule has 0 aliphatic heterocycles. The van der Waals surface area contributed by atoms with Crippen LogP contribution in [0, 0.1) is 5.92 Å². The third kappa shape index (κ3) is 7.63. The Morgan fingerprint density at radius 2 is 2.00 bits per heavy atom. The maximum atomic E-state index is 5.47. The van der Waals surface area contributed by atoms with Gasteiger partial charge in [0.15, 0.2) is 0 Å². The molecule has 0 saturated carbocycles. The van der Waals surface area contributed by atoms with E-state index in [1.807, 2.05) is 0 Å². The van der Waals surface area contributed by atoms with Gasteiger partial charge in [-0.05, 0) is 56.2 Å². The lowest BCUT2D eigenvalue weighted by atomic mass is 9.96. The Balaban J connectivity index is 2.66. The molecule has 0 amide bonds. The SMILES string of the molecule is CCCNC(CCCOCC)c1cccc(CC(C)C)c1. The molecule has 120 valence electrons. The van der Waals surface area contributed by atoms with Gasteiger partial charge < -0.3 is 10.1 Å². The van der Waals surface area contributed by atoms with Gasteiger partial charge in [0.25, 0.3) is 0 Å². The summed E-state index contributed by atoms with van der Waals surface area (Å²) in [6.07, 6.45) is 4.59. The van der Waals surface area contributed by atoms with Crippen LogP contribution in [0.3, 0.4) is 0 Å². The second-order valence-electron chi connectivity index (χ2n) is 6.19. The number of nitrogens with one attached hydrogen (secondary N) is 1. The van der Waals surface area contributed by atoms with Gasteiger partial charge in [0.1, 0.15) is 0 Å². The summed E-state index contributed by atoms with van der Waals surface area (Å²) < 4.78 is 5.47. The van der Waals surface area contributed by atoms with E-state index in [1.165, 1.54) is 17.5 Å². The van der Waals surface area contributed by atoms with Gasteiger partial charge in [0.2, 0.25) is 0 Å². The maximum Gasteiger partial charge on any atom is 0.0466 e. The van der Waals surface area contributed by atoms with Crippen molar-refractivity contribution in [3.05, 3.63) is 35.4 Å². The van der Waals surface area contributed by atoms with Crippen LogP contribution in [0.4, 0.5) is 0 Å². The van der Waals surface area contributed by atoms with Crippen molar-refractivity contribution in [1.82, 2.24) is 5.32 Å². The molecule has 0 radical (unpaired) electrons. The normalized spacial score (nSPS) is 12.8. The minimum absolute atomic E-state index is 0.456. The Hall–Kier alpha value is -0.860. The fraction of sp³-hybridized carbons (Fsp3) is 0.684. The molecule has 0 spiro atoms. The van der Waals surface area contributed by atoms with Gasteiger partial charge in [0, 0.05) is 19.3 Å². The predicted octanol–water partition coefficient (Wildman–Crippen LogP) is 4.74. The lowest BCUT2D eigenvalue weighted by Crippen LogP contribution is -2.22. The standard InChI is InChI=1S/C19H33NO/c1-5-12-20-19(11-8-13-21-6-2)18-10-7-9-17(15-18)14-16(3)4/h7,9-10,15-16,19-20H,5-6,8,11-14H2,1-4H3. The Kier molecular flexibility index (Phi) is 9.36. The van der Waals surface area contributed by atoms with Gasteiger partial charge in [0.05, 0.1) is 0 Å². The molecule has 0 bridgehead atoms. The van der Waals surface area contributed by atoms with Crippen molar-refractivity contribution >= 4 is 0 Å². The first-order chi connectivity index (χ1) is 10.2. The first-order valence-corrected chi connectivity index (χ1v) is 8.57. The van der Waals surface area contributed by atoms with Crippen molar-refractivity contribution in [2.75, 3.05) is 19.8 Å². The summed E-state index contributed by atoms with van der Waals surface area (Å²) in [6, 6.07) is 9.56. The van der Waals surface area contributed by atoms with E-state index in [2.05, 4.69) is 57.3 Å². The monoisotopic (exact) mass is 291 g/mol. The summed E-state index contributed by atoms with van der Waals surface area (Å²) in [6.45, 7) is 11.6. The van der Waals surface area contributed by atoms with E-state index in [1.54, 1.807) is 0 Å². The second-order valence-corrected chi connectivity index (χ2v) is 6.19. The van der Waals surface area contributed by atoms with Crippen LogP contribution >= 0.6 is 0 Å². The fourth-order valence-corrected chi connectivity index (χ4v) is 2.65. The van der Waals surface area contributed by atoms with E-state index < -0.39 is 0 Å². The van der Waals surface area contributed by atoms with Crippen molar-refractivity contribution in [3.63, 3.8) is 0 Å². The van der Waals surface area contributed by atoms with Crippen LogP contribution in [0.2, 0.25) is 0 Å². The Morgan fingerprint density at radius 1 is 1.19 bits per heavy atom. The number of benzene rings is 1. The molecule has 0 aliphatic carbocycles. The molecule has 21 heavy (non-hydrogen) atoms. The first-order valence-electron chi connectivity index (χ1n) is 8.57. The van der Waals surface area contributed by atoms with Gasteiger partial charge in [-0.15, -0.1) is 0 Å². The molecule has 0 heterocycles. The maximum absolute atomic E-state index is 5.47. The van der Waals surface area contributed by atoms with Crippen molar-refractivity contribution in [2.24, 2.45) is 5.92 Å². The zero-order chi connectivity index (χ0) is 15.5. The molecule has 1 N–H and O–H groups in total. The predicted molar refractivity (Wildman–Crippen MR) is 91.7 cm³/mol. The van der Waals surface area contributed by atoms with E-state index in [0.29, 0.717) is 12.0 Å². The van der Waals surface area contributed by atoms with E-state index in [9.17, 15) is 0 Å². The molecule has 1 rings (SSSR count). The molecule has 1 aromatic carbocycles. The summed E-state index contributed by atoms with van der Waals surface area (Å²) in [5, 5.41) is 3.69. The lowest BCUT2D eigenvalue weighted by Gasteiger charge is -2.20. The van der Waals surface area contributed by atoms with Gasteiger partial charge >= 0.3 is 0 Å². The average Bonchev–Trinajstić information content (AvgIpc) is 2.46. The smallest absolute Gasteiger partial charge is 0.0466 e. The van der Waals surface area contributed by atoms with Gasteiger partial charge in [-0.2, -0.15) is 0 Å². The molecule has 2 nitrogen and oxygen atoms in total. The average molecular weight is 291 g/mol. The van der Waals surface area contributed by atoms with Crippen LogP contribution in [-0.2, 0) is 11.2 Å². The van der Waals surface area contributed by atoms with Crippen molar-refractivity contribution in [3.8, 4) is 0 Å². The van der Waals surface area contributed by atoms with E-state index in [-0.39, 0.29) is 0 Å². The summed E-state index contributed by atoms with van der Waals surface area (Å²) in [4.78, 5) is 0. The highest BCUT2D eigenvalue weighted by molar-refractivity contribution is 5.26. The van der Waals surface area contributed by atoms with E-state index in [4.69, 9.17) is 4.74 Å². The van der Waals surface area contributed by atoms with Gasteiger partial charge in [-0.1, -0.05) is 45.0 Å². The fourth-order valence-electron chi connectivity index (χ4n) is 2.65. The Bertz CT molecular complexity index is 376. The van der Waals surface area contributed by atoms with Crippen molar-refractivity contribution in [1.29, 1.82) is 0 Å². The highest BCUT2D eigenvalue weighted by Gasteiger charge is 2.11. The highest BCUT2D eigenvalue weighted by atomic mass is 16.5. The summed E-state index contributed by atoms with van der Waals surface area (Å²) in [5.41, 5.74) is 2.88. The van der Waals surface area contributed by atoms with E-state index in [0.717, 1.165) is 39.0 Å². The number of ether oxygens (including phenoxy) is 1. The lowest BCUT2D eigenvalue weighted by molar-refractivity contribution is 0.141. The van der Waals surface area contributed by atoms with Crippen LogP contribution in [0.1, 0.15) is 64.1 Å². The summed E-state index contributed by atoms with van der Waals surface area (Å²) in [7, 11) is 0. The molecular weight excluding hydrogens is 258 g/mol. The quantitative estimate of drug-likeness (QED) is 0.594. The Morgan fingerprint density at radius 3 is 2.67 bits per heavy atom. The van der Waals surface area contributed by atoms with Gasteiger partial charge in [-0.3, -0.25) is 0 Å². The first kappa shape index (κ1) is 18.2. The topological polar surface area (TPSA) is 21.3 Å². The largest absolute Gasteiger partial charge is 0.382 e. The Labute approximate surface area is 131 Å². The number of rotatable bonds is 11. The summed E-state index contributed by atoms with van der Waals surface area (Å²) >= 11 is 0. The van der Waals surface area contributed by atoms with Crippen molar-refractivity contribution in [2.45, 2.75) is 59.4 Å². The van der Waals surface area contributed by atoms with Gasteiger partial charge in [-0.25, -0.2) is 0 Å². The molecule has 1 aromatic rings. The zero-order valence-corrected chi connectivity index (χ0v) is 14.3. The molecule has 1 unspecified atom stereocenters. The molecule has 2 heteroatoms. The van der Waals surface area contributed by atoms with Crippen LogP contribution in [0.5, 0.6) is 0 Å². The van der Waals surface area contributed by atoms with Crippen molar-refractivity contribution < 1.29 is 4.74 Å². The zero-order valence-electron chi connectivity index (χ0n) is 14.3. The van der Waals surface area contributed by atoms with Crippen LogP contribution in [0.25, 0.3) is 0 Å². The third-order valence-corrected chi connectivity index (χ3v) is 3.62. The minimum Gasteiger partial charge on any atom is -0.382 e. The van der Waals surface area contributed by atoms with Crippen LogP contribution < -0.4 is 5.32 Å². The molecule has 0 aliphatic rings. The molecule has 1 atom stereocenters. The number of hydrogen-bond acceptors (Lipinski definition) is 2. The second kappa shape index (κ2) is 10.8. The third-order valence-electron chi connectivity index (χ3n) is 3.62. The summed E-state index contributed by atoms with van der Waals surface area (Å²) in [5.74, 6) is 0.709. The van der Waals surface area contributed by atoms with Crippen LogP contribution in [0.15, 0.2) is 24.3 Å². The number of hydrogen-bond donors (Lipinski definition) is 1. The molecular formula is C19H33NO. The molecule has 0 saturated heterocycles. The van der Waals surface area contributed by atoms with E-state index >= 15 is 0 Å². The highest BCUT2D eigenvalue weighted by Crippen LogP contribution is 2.21. The molecule has 0 fully saturated rings. The van der Waals surface area contributed by atoms with Crippen LogP contribution in [-0.4, -0.2) is 19.8 Å².